The van der Waals surface area contributed by atoms with Gasteiger partial charge in [0.15, 0.2) is 0 Å². The summed E-state index contributed by atoms with van der Waals surface area (Å²) in [7, 11) is 0. The zero-order valence-electron chi connectivity index (χ0n) is 16.3. The molecule has 0 spiro atoms. The molecule has 0 aromatic heterocycles. The molecule has 0 radical (unpaired) electrons. The summed E-state index contributed by atoms with van der Waals surface area (Å²) < 4.78 is 5.62. The van der Waals surface area contributed by atoms with Crippen molar-refractivity contribution in [2.45, 2.75) is 20.8 Å². The molecule has 0 fully saturated rings. The van der Waals surface area contributed by atoms with Gasteiger partial charge in [0, 0.05) is 17.1 Å². The van der Waals surface area contributed by atoms with Crippen molar-refractivity contribution >= 4 is 29.5 Å². The smallest absolute Gasteiger partial charge is 0.267 e. The lowest BCUT2D eigenvalue weighted by Crippen LogP contribution is -2.34. The molecule has 0 atom stereocenters. The topological polar surface area (TPSA) is 67.4 Å². The van der Waals surface area contributed by atoms with Crippen LogP contribution in [-0.2, 0) is 4.79 Å². The van der Waals surface area contributed by atoms with Crippen molar-refractivity contribution < 1.29 is 14.3 Å². The number of carbonyl (C=O) groups is 2. The van der Waals surface area contributed by atoms with Gasteiger partial charge in [-0.15, -0.1) is 0 Å². The summed E-state index contributed by atoms with van der Waals surface area (Å²) in [6.07, 6.45) is 1.61. The van der Waals surface area contributed by atoms with Crippen molar-refractivity contribution in [3.63, 3.8) is 0 Å². The lowest BCUT2D eigenvalue weighted by molar-refractivity contribution is -0.117. The molecule has 2 rings (SSSR count). The highest BCUT2D eigenvalue weighted by Gasteiger charge is 2.14. The predicted octanol–water partition coefficient (Wildman–Crippen LogP) is 4.28. The number of carbonyl (C=O) groups excluding carboxylic acids is 2. The van der Waals surface area contributed by atoms with Crippen LogP contribution >= 0.6 is 11.6 Å². The van der Waals surface area contributed by atoms with Crippen molar-refractivity contribution in [2.75, 3.05) is 13.2 Å². The van der Waals surface area contributed by atoms with E-state index in [0.29, 0.717) is 35.4 Å². The number of likely N-dealkylation sites (N-methyl/N-ethyl adjacent to an activating group) is 1. The van der Waals surface area contributed by atoms with Crippen molar-refractivity contribution in [1.29, 1.82) is 0 Å². The molecule has 0 bridgehead atoms. The maximum absolute atomic E-state index is 12.6. The number of amides is 2. The lowest BCUT2D eigenvalue weighted by Gasteiger charge is -2.11. The van der Waals surface area contributed by atoms with Gasteiger partial charge in [-0.1, -0.05) is 37.6 Å². The molecule has 2 aromatic carbocycles. The first kappa shape index (κ1) is 21.5. The Kier molecular flexibility index (Phi) is 8.08. The van der Waals surface area contributed by atoms with E-state index < -0.39 is 0 Å². The molecule has 2 amide bonds. The van der Waals surface area contributed by atoms with Gasteiger partial charge in [-0.3, -0.25) is 9.59 Å². The van der Waals surface area contributed by atoms with Crippen molar-refractivity contribution in [3.8, 4) is 5.75 Å². The third kappa shape index (κ3) is 6.74. The first-order valence-electron chi connectivity index (χ1n) is 9.18. The Morgan fingerprint density at radius 2 is 1.71 bits per heavy atom. The fourth-order valence-corrected chi connectivity index (χ4v) is 2.43. The van der Waals surface area contributed by atoms with Crippen LogP contribution in [0.5, 0.6) is 5.75 Å². The van der Waals surface area contributed by atoms with E-state index in [2.05, 4.69) is 24.5 Å². The van der Waals surface area contributed by atoms with E-state index in [1.165, 1.54) is 0 Å². The van der Waals surface area contributed by atoms with Crippen LogP contribution in [0.3, 0.4) is 0 Å². The molecule has 0 unspecified atom stereocenters. The van der Waals surface area contributed by atoms with Gasteiger partial charge in [-0.05, 0) is 60.9 Å². The van der Waals surface area contributed by atoms with Crippen LogP contribution in [0.1, 0.15) is 36.7 Å². The average Bonchev–Trinajstić information content (AvgIpc) is 2.68. The SMILES string of the molecule is CCNC(=O)C(=Cc1ccc(Cl)cc1)NC(=O)c1ccc(OCC(C)C)cc1. The van der Waals surface area contributed by atoms with Crippen molar-refractivity contribution in [3.05, 3.63) is 70.4 Å². The van der Waals surface area contributed by atoms with E-state index in [1.54, 1.807) is 54.6 Å². The van der Waals surface area contributed by atoms with E-state index >= 15 is 0 Å². The molecule has 0 aliphatic rings. The largest absolute Gasteiger partial charge is 0.493 e. The Morgan fingerprint density at radius 1 is 1.07 bits per heavy atom. The summed E-state index contributed by atoms with van der Waals surface area (Å²) >= 11 is 5.90. The fraction of sp³-hybridized carbons (Fsp3) is 0.273. The second kappa shape index (κ2) is 10.5. The fourth-order valence-electron chi connectivity index (χ4n) is 2.30. The highest BCUT2D eigenvalue weighted by Crippen LogP contribution is 2.15. The first-order chi connectivity index (χ1) is 13.4. The molecule has 0 saturated carbocycles. The third-order valence-electron chi connectivity index (χ3n) is 3.71. The van der Waals surface area contributed by atoms with Gasteiger partial charge in [0.25, 0.3) is 11.8 Å². The quantitative estimate of drug-likeness (QED) is 0.650. The number of halogens is 1. The Hall–Kier alpha value is -2.79. The summed E-state index contributed by atoms with van der Waals surface area (Å²) in [4.78, 5) is 24.9. The zero-order chi connectivity index (χ0) is 20.5. The van der Waals surface area contributed by atoms with Gasteiger partial charge in [-0.2, -0.15) is 0 Å². The van der Waals surface area contributed by atoms with Crippen molar-refractivity contribution in [1.82, 2.24) is 10.6 Å². The van der Waals surface area contributed by atoms with E-state index in [9.17, 15) is 9.59 Å². The summed E-state index contributed by atoms with van der Waals surface area (Å²) in [5.74, 6) is 0.385. The Balaban J connectivity index is 2.15. The second-order valence-corrected chi connectivity index (χ2v) is 7.09. The minimum absolute atomic E-state index is 0.161. The second-order valence-electron chi connectivity index (χ2n) is 6.65. The average molecular weight is 401 g/mol. The van der Waals surface area contributed by atoms with Crippen LogP contribution in [0.2, 0.25) is 5.02 Å². The van der Waals surface area contributed by atoms with E-state index in [-0.39, 0.29) is 17.5 Å². The summed E-state index contributed by atoms with van der Waals surface area (Å²) in [5.41, 5.74) is 1.35. The standard InChI is InChI=1S/C22H25ClN2O3/c1-4-24-22(27)20(13-16-5-9-18(23)10-6-16)25-21(26)17-7-11-19(12-8-17)28-14-15(2)3/h5-13,15H,4,14H2,1-3H3,(H,24,27)(H,25,26). The number of hydrogen-bond donors (Lipinski definition) is 2. The highest BCUT2D eigenvalue weighted by molar-refractivity contribution is 6.30. The summed E-state index contributed by atoms with van der Waals surface area (Å²) in [6.45, 7) is 7.01. The van der Waals surface area contributed by atoms with Gasteiger partial charge in [0.05, 0.1) is 6.61 Å². The van der Waals surface area contributed by atoms with Crippen LogP contribution in [0.4, 0.5) is 0 Å². The molecule has 0 aliphatic heterocycles. The van der Waals surface area contributed by atoms with Crippen molar-refractivity contribution in [2.24, 2.45) is 5.92 Å². The molecule has 2 N–H and O–H groups in total. The number of hydrogen-bond acceptors (Lipinski definition) is 3. The number of ether oxygens (including phenoxy) is 1. The van der Waals surface area contributed by atoms with Crippen LogP contribution < -0.4 is 15.4 Å². The molecule has 2 aromatic rings. The van der Waals surface area contributed by atoms with E-state index in [1.807, 2.05) is 6.92 Å². The van der Waals surface area contributed by atoms with Crippen LogP contribution in [0.25, 0.3) is 6.08 Å². The molecule has 28 heavy (non-hydrogen) atoms. The summed E-state index contributed by atoms with van der Waals surface area (Å²) in [6, 6.07) is 13.8. The zero-order valence-corrected chi connectivity index (χ0v) is 17.0. The number of benzene rings is 2. The Labute approximate surface area is 170 Å². The molecule has 0 saturated heterocycles. The highest BCUT2D eigenvalue weighted by atomic mass is 35.5. The summed E-state index contributed by atoms with van der Waals surface area (Å²) in [5, 5.41) is 5.99. The normalized spacial score (nSPS) is 11.2. The number of nitrogens with one attached hydrogen (secondary N) is 2. The van der Waals surface area contributed by atoms with Crippen LogP contribution in [0, 0.1) is 5.92 Å². The van der Waals surface area contributed by atoms with Gasteiger partial charge < -0.3 is 15.4 Å². The molecular weight excluding hydrogens is 376 g/mol. The van der Waals surface area contributed by atoms with Gasteiger partial charge in [-0.25, -0.2) is 0 Å². The third-order valence-corrected chi connectivity index (χ3v) is 3.96. The first-order valence-corrected chi connectivity index (χ1v) is 9.56. The van der Waals surface area contributed by atoms with Gasteiger partial charge in [0.1, 0.15) is 11.4 Å². The number of rotatable bonds is 8. The van der Waals surface area contributed by atoms with Gasteiger partial charge >= 0.3 is 0 Å². The van der Waals surface area contributed by atoms with Crippen LogP contribution in [-0.4, -0.2) is 25.0 Å². The predicted molar refractivity (Wildman–Crippen MR) is 112 cm³/mol. The Bertz CT molecular complexity index is 828. The maximum Gasteiger partial charge on any atom is 0.267 e. The van der Waals surface area contributed by atoms with Gasteiger partial charge in [0.2, 0.25) is 0 Å². The molecule has 6 heteroatoms. The lowest BCUT2D eigenvalue weighted by atomic mass is 10.1. The van der Waals surface area contributed by atoms with E-state index in [0.717, 1.165) is 5.56 Å². The molecular formula is C22H25ClN2O3. The molecule has 5 nitrogen and oxygen atoms in total. The minimum Gasteiger partial charge on any atom is -0.493 e. The molecule has 148 valence electrons. The minimum atomic E-state index is -0.373. The van der Waals surface area contributed by atoms with E-state index in [4.69, 9.17) is 16.3 Å². The molecule has 0 aliphatic carbocycles. The van der Waals surface area contributed by atoms with Crippen LogP contribution in [0.15, 0.2) is 54.2 Å². The monoisotopic (exact) mass is 400 g/mol. The maximum atomic E-state index is 12.6. The molecule has 0 heterocycles. The Morgan fingerprint density at radius 3 is 2.29 bits per heavy atom.